The molecular weight excluding hydrogens is 254 g/mol. The molecular formula is C11H25N3O3S. The zero-order valence-corrected chi connectivity index (χ0v) is 12.1. The molecule has 0 radical (unpaired) electrons. The van der Waals surface area contributed by atoms with Crippen LogP contribution in [-0.4, -0.2) is 59.7 Å². The van der Waals surface area contributed by atoms with E-state index in [2.05, 4.69) is 10.0 Å². The topological polar surface area (TPSA) is 70.7 Å². The van der Waals surface area contributed by atoms with Crippen LogP contribution in [0.4, 0.5) is 0 Å². The minimum atomic E-state index is -3.34. The summed E-state index contributed by atoms with van der Waals surface area (Å²) in [5.41, 5.74) is 0. The number of hydrogen-bond acceptors (Lipinski definition) is 4. The third-order valence-corrected chi connectivity index (χ3v) is 4.65. The van der Waals surface area contributed by atoms with Gasteiger partial charge in [0.1, 0.15) is 0 Å². The Labute approximate surface area is 110 Å². The van der Waals surface area contributed by atoms with Gasteiger partial charge in [-0.3, -0.25) is 0 Å². The first-order valence-electron chi connectivity index (χ1n) is 6.49. The Bertz CT molecular complexity index is 315. The lowest BCUT2D eigenvalue weighted by molar-refractivity contribution is 0.0566. The van der Waals surface area contributed by atoms with Crippen molar-refractivity contribution in [3.63, 3.8) is 0 Å². The Hall–Kier alpha value is -0.210. The van der Waals surface area contributed by atoms with Gasteiger partial charge in [-0.1, -0.05) is 0 Å². The molecule has 2 N–H and O–H groups in total. The van der Waals surface area contributed by atoms with E-state index in [1.807, 2.05) is 7.05 Å². The van der Waals surface area contributed by atoms with E-state index < -0.39 is 10.2 Å². The third kappa shape index (κ3) is 5.62. The minimum Gasteiger partial charge on any atom is -0.381 e. The molecule has 1 aliphatic heterocycles. The molecule has 1 fully saturated rings. The van der Waals surface area contributed by atoms with Crippen molar-refractivity contribution < 1.29 is 13.2 Å². The Morgan fingerprint density at radius 3 is 2.83 bits per heavy atom. The van der Waals surface area contributed by atoms with Crippen LogP contribution in [0.1, 0.15) is 19.3 Å². The molecule has 1 saturated heterocycles. The number of nitrogens with one attached hydrogen (secondary N) is 2. The maximum absolute atomic E-state index is 11.9. The fourth-order valence-corrected chi connectivity index (χ4v) is 2.94. The lowest BCUT2D eigenvalue weighted by Gasteiger charge is -2.24. The molecule has 0 aliphatic carbocycles. The second kappa shape index (κ2) is 8.06. The molecule has 0 aromatic rings. The summed E-state index contributed by atoms with van der Waals surface area (Å²) in [5, 5.41) is 3.00. The molecule has 0 aromatic carbocycles. The Kier molecular flexibility index (Phi) is 7.10. The molecule has 18 heavy (non-hydrogen) atoms. The van der Waals surface area contributed by atoms with Gasteiger partial charge in [0.2, 0.25) is 0 Å². The van der Waals surface area contributed by atoms with E-state index in [1.54, 1.807) is 7.05 Å². The van der Waals surface area contributed by atoms with Crippen LogP contribution in [0.5, 0.6) is 0 Å². The van der Waals surface area contributed by atoms with Gasteiger partial charge in [0.05, 0.1) is 6.61 Å². The Morgan fingerprint density at radius 1 is 1.44 bits per heavy atom. The monoisotopic (exact) mass is 279 g/mol. The molecule has 1 aliphatic rings. The van der Waals surface area contributed by atoms with Gasteiger partial charge in [0.25, 0.3) is 10.2 Å². The van der Waals surface area contributed by atoms with E-state index in [0.29, 0.717) is 25.6 Å². The van der Waals surface area contributed by atoms with Gasteiger partial charge in [-0.15, -0.1) is 0 Å². The maximum Gasteiger partial charge on any atom is 0.279 e. The van der Waals surface area contributed by atoms with Gasteiger partial charge in [-0.2, -0.15) is 12.7 Å². The van der Waals surface area contributed by atoms with Crippen LogP contribution in [0.3, 0.4) is 0 Å². The van der Waals surface area contributed by atoms with Crippen LogP contribution >= 0.6 is 0 Å². The first kappa shape index (κ1) is 15.8. The number of nitrogens with zero attached hydrogens (tertiary/aromatic N) is 1. The minimum absolute atomic E-state index is 0.305. The van der Waals surface area contributed by atoms with E-state index in [9.17, 15) is 8.42 Å². The average molecular weight is 279 g/mol. The molecule has 0 amide bonds. The summed E-state index contributed by atoms with van der Waals surface area (Å²) in [4.78, 5) is 0. The first-order chi connectivity index (χ1) is 8.56. The predicted octanol–water partition coefficient (Wildman–Crippen LogP) is -0.211. The fourth-order valence-electron chi connectivity index (χ4n) is 1.90. The molecule has 0 aromatic heterocycles. The predicted molar refractivity (Wildman–Crippen MR) is 71.6 cm³/mol. The van der Waals surface area contributed by atoms with Crippen molar-refractivity contribution in [2.24, 2.45) is 5.92 Å². The van der Waals surface area contributed by atoms with E-state index >= 15 is 0 Å². The number of rotatable bonds is 8. The van der Waals surface area contributed by atoms with Gasteiger partial charge >= 0.3 is 0 Å². The highest BCUT2D eigenvalue weighted by atomic mass is 32.2. The van der Waals surface area contributed by atoms with Crippen LogP contribution in [0, 0.1) is 5.92 Å². The van der Waals surface area contributed by atoms with Crippen molar-refractivity contribution in [1.82, 2.24) is 14.3 Å². The van der Waals surface area contributed by atoms with Crippen LogP contribution in [0.25, 0.3) is 0 Å². The van der Waals surface area contributed by atoms with Crippen molar-refractivity contribution in [2.75, 3.05) is 46.9 Å². The number of hydrogen-bond donors (Lipinski definition) is 2. The van der Waals surface area contributed by atoms with E-state index in [0.717, 1.165) is 32.4 Å². The lowest BCUT2D eigenvalue weighted by atomic mass is 10.0. The fraction of sp³-hybridized carbons (Fsp3) is 1.00. The smallest absolute Gasteiger partial charge is 0.279 e. The van der Waals surface area contributed by atoms with Crippen LogP contribution < -0.4 is 10.0 Å². The van der Waals surface area contributed by atoms with Gasteiger partial charge in [-0.25, -0.2) is 4.72 Å². The van der Waals surface area contributed by atoms with Crippen LogP contribution in [0.15, 0.2) is 0 Å². The molecule has 0 saturated carbocycles. The molecule has 0 spiro atoms. The van der Waals surface area contributed by atoms with Crippen LogP contribution in [0.2, 0.25) is 0 Å². The van der Waals surface area contributed by atoms with Gasteiger partial charge in [0.15, 0.2) is 0 Å². The van der Waals surface area contributed by atoms with Gasteiger partial charge < -0.3 is 10.1 Å². The van der Waals surface area contributed by atoms with Crippen molar-refractivity contribution >= 4 is 10.2 Å². The average Bonchev–Trinajstić information content (AvgIpc) is 2.38. The van der Waals surface area contributed by atoms with Crippen molar-refractivity contribution in [3.05, 3.63) is 0 Å². The molecule has 0 bridgehead atoms. The van der Waals surface area contributed by atoms with E-state index in [4.69, 9.17) is 4.74 Å². The van der Waals surface area contributed by atoms with Crippen molar-refractivity contribution in [1.29, 1.82) is 0 Å². The molecule has 1 atom stereocenters. The summed E-state index contributed by atoms with van der Waals surface area (Å²) in [6, 6.07) is 0. The summed E-state index contributed by atoms with van der Waals surface area (Å²) >= 11 is 0. The number of ether oxygens (including phenoxy) is 1. The van der Waals surface area contributed by atoms with Gasteiger partial charge in [0, 0.05) is 26.7 Å². The first-order valence-corrected chi connectivity index (χ1v) is 7.93. The summed E-state index contributed by atoms with van der Waals surface area (Å²) in [7, 11) is 0.123. The van der Waals surface area contributed by atoms with Crippen molar-refractivity contribution in [2.45, 2.75) is 19.3 Å². The Morgan fingerprint density at radius 2 is 2.22 bits per heavy atom. The molecule has 108 valence electrons. The molecule has 6 nitrogen and oxygen atoms in total. The van der Waals surface area contributed by atoms with Crippen LogP contribution in [-0.2, 0) is 14.9 Å². The highest BCUT2D eigenvalue weighted by Gasteiger charge is 2.20. The molecule has 1 unspecified atom stereocenters. The standard InChI is InChI=1S/C11H25N3O3S/c1-12-6-4-7-14(2)18(15,16)13-9-11-5-3-8-17-10-11/h11-13H,3-10H2,1-2H3. The molecule has 7 heteroatoms. The zero-order valence-electron chi connectivity index (χ0n) is 11.3. The molecule has 1 heterocycles. The summed E-state index contributed by atoms with van der Waals surface area (Å²) in [6.07, 6.45) is 2.86. The maximum atomic E-state index is 11.9. The normalized spacial score (nSPS) is 21.4. The Balaban J connectivity index is 2.28. The quantitative estimate of drug-likeness (QED) is 0.603. The summed E-state index contributed by atoms with van der Waals surface area (Å²) < 4.78 is 33.2. The van der Waals surface area contributed by atoms with Crippen molar-refractivity contribution in [3.8, 4) is 0 Å². The highest BCUT2D eigenvalue weighted by molar-refractivity contribution is 7.87. The SMILES string of the molecule is CNCCCN(C)S(=O)(=O)NCC1CCCOC1. The van der Waals surface area contributed by atoms with Gasteiger partial charge in [-0.05, 0) is 38.8 Å². The summed E-state index contributed by atoms with van der Waals surface area (Å²) in [6.45, 7) is 3.27. The largest absolute Gasteiger partial charge is 0.381 e. The zero-order chi connectivity index (χ0) is 13.4. The second-order valence-electron chi connectivity index (χ2n) is 4.72. The third-order valence-electron chi connectivity index (χ3n) is 3.12. The van der Waals surface area contributed by atoms with E-state index in [-0.39, 0.29) is 0 Å². The van der Waals surface area contributed by atoms with E-state index in [1.165, 1.54) is 4.31 Å². The molecule has 1 rings (SSSR count). The highest BCUT2D eigenvalue weighted by Crippen LogP contribution is 2.12. The summed E-state index contributed by atoms with van der Waals surface area (Å²) in [5.74, 6) is 0.305. The lowest BCUT2D eigenvalue weighted by Crippen LogP contribution is -2.42. The second-order valence-corrected chi connectivity index (χ2v) is 6.58.